The monoisotopic (exact) mass is 357 g/mol. The van der Waals surface area contributed by atoms with Gasteiger partial charge in [0, 0.05) is 27.1 Å². The van der Waals surface area contributed by atoms with Gasteiger partial charge in [0.15, 0.2) is 0 Å². The van der Waals surface area contributed by atoms with Crippen molar-refractivity contribution in [1.29, 1.82) is 0 Å². The van der Waals surface area contributed by atoms with Gasteiger partial charge in [-0.1, -0.05) is 51.3 Å². The standard InChI is InChI=1S/C15H14BrCl2N/c1-10(11-3-2-4-13(16)7-11)19-9-12-8-14(17)5-6-15(12)18/h2-8,10,19H,9H2,1H3. The molecule has 0 amide bonds. The molecular weight excluding hydrogens is 345 g/mol. The normalized spacial score (nSPS) is 12.4. The van der Waals surface area contributed by atoms with E-state index in [4.69, 9.17) is 23.2 Å². The molecule has 4 heteroatoms. The lowest BCUT2D eigenvalue weighted by atomic mass is 10.1. The van der Waals surface area contributed by atoms with E-state index in [1.54, 1.807) is 6.07 Å². The summed E-state index contributed by atoms with van der Waals surface area (Å²) in [5.74, 6) is 0. The average molecular weight is 359 g/mol. The molecular formula is C15H14BrCl2N. The first kappa shape index (κ1) is 14.9. The first-order chi connectivity index (χ1) is 9.06. The van der Waals surface area contributed by atoms with Crippen LogP contribution in [0.15, 0.2) is 46.9 Å². The zero-order chi connectivity index (χ0) is 13.8. The molecule has 0 aliphatic heterocycles. The molecule has 2 aromatic rings. The van der Waals surface area contributed by atoms with Crippen LogP contribution in [-0.4, -0.2) is 0 Å². The van der Waals surface area contributed by atoms with Crippen LogP contribution in [0.4, 0.5) is 0 Å². The average Bonchev–Trinajstić information content (AvgIpc) is 2.39. The molecule has 1 atom stereocenters. The van der Waals surface area contributed by atoms with Crippen LogP contribution in [-0.2, 0) is 6.54 Å². The molecule has 100 valence electrons. The summed E-state index contributed by atoms with van der Waals surface area (Å²) in [6, 6.07) is 14.0. The predicted molar refractivity (Wildman–Crippen MR) is 85.9 cm³/mol. The Morgan fingerprint density at radius 2 is 1.95 bits per heavy atom. The molecule has 2 rings (SSSR count). The van der Waals surface area contributed by atoms with E-state index in [0.29, 0.717) is 11.6 Å². The molecule has 2 aromatic carbocycles. The van der Waals surface area contributed by atoms with Crippen LogP contribution >= 0.6 is 39.1 Å². The molecule has 0 saturated carbocycles. The van der Waals surface area contributed by atoms with Gasteiger partial charge in [0.25, 0.3) is 0 Å². The molecule has 19 heavy (non-hydrogen) atoms. The van der Waals surface area contributed by atoms with Crippen molar-refractivity contribution in [3.05, 3.63) is 68.1 Å². The van der Waals surface area contributed by atoms with Crippen LogP contribution < -0.4 is 5.32 Å². The molecule has 0 aliphatic rings. The van der Waals surface area contributed by atoms with Gasteiger partial charge in [0.05, 0.1) is 0 Å². The van der Waals surface area contributed by atoms with Gasteiger partial charge in [0.1, 0.15) is 0 Å². The van der Waals surface area contributed by atoms with Gasteiger partial charge >= 0.3 is 0 Å². The topological polar surface area (TPSA) is 12.0 Å². The Labute approximate surface area is 132 Å². The van der Waals surface area contributed by atoms with Crippen molar-refractivity contribution in [3.63, 3.8) is 0 Å². The highest BCUT2D eigenvalue weighted by molar-refractivity contribution is 9.10. The van der Waals surface area contributed by atoms with Gasteiger partial charge in [-0.25, -0.2) is 0 Å². The summed E-state index contributed by atoms with van der Waals surface area (Å²) < 4.78 is 1.08. The van der Waals surface area contributed by atoms with E-state index in [-0.39, 0.29) is 6.04 Å². The smallest absolute Gasteiger partial charge is 0.0451 e. The largest absolute Gasteiger partial charge is 0.306 e. The quantitative estimate of drug-likeness (QED) is 0.749. The van der Waals surface area contributed by atoms with Crippen LogP contribution in [0.5, 0.6) is 0 Å². The minimum Gasteiger partial charge on any atom is -0.306 e. The lowest BCUT2D eigenvalue weighted by molar-refractivity contribution is 0.574. The van der Waals surface area contributed by atoms with Crippen LogP contribution in [0.3, 0.4) is 0 Å². The lowest BCUT2D eigenvalue weighted by Crippen LogP contribution is -2.18. The fourth-order valence-corrected chi connectivity index (χ4v) is 2.63. The van der Waals surface area contributed by atoms with Gasteiger partial charge in [-0.15, -0.1) is 0 Å². The molecule has 0 saturated heterocycles. The maximum absolute atomic E-state index is 6.14. The summed E-state index contributed by atoms with van der Waals surface area (Å²) >= 11 is 15.6. The highest BCUT2D eigenvalue weighted by atomic mass is 79.9. The van der Waals surface area contributed by atoms with Crippen LogP contribution in [0.25, 0.3) is 0 Å². The van der Waals surface area contributed by atoms with Gasteiger partial charge < -0.3 is 5.32 Å². The highest BCUT2D eigenvalue weighted by Gasteiger charge is 2.07. The highest BCUT2D eigenvalue weighted by Crippen LogP contribution is 2.22. The predicted octanol–water partition coefficient (Wildman–Crippen LogP) is 5.61. The maximum Gasteiger partial charge on any atom is 0.0451 e. The molecule has 1 N–H and O–H groups in total. The third kappa shape index (κ3) is 4.22. The van der Waals surface area contributed by atoms with Crippen molar-refractivity contribution in [2.45, 2.75) is 19.5 Å². The van der Waals surface area contributed by atoms with Gasteiger partial charge in [0.2, 0.25) is 0 Å². The first-order valence-corrected chi connectivity index (χ1v) is 7.54. The minimum absolute atomic E-state index is 0.243. The fourth-order valence-electron chi connectivity index (χ4n) is 1.84. The van der Waals surface area contributed by atoms with E-state index < -0.39 is 0 Å². The van der Waals surface area contributed by atoms with Gasteiger partial charge in [-0.3, -0.25) is 0 Å². The van der Waals surface area contributed by atoms with E-state index in [0.717, 1.165) is 15.1 Å². The Morgan fingerprint density at radius 3 is 2.68 bits per heavy atom. The Morgan fingerprint density at radius 1 is 1.16 bits per heavy atom. The summed E-state index contributed by atoms with van der Waals surface area (Å²) in [5, 5.41) is 4.89. The molecule has 1 unspecified atom stereocenters. The van der Waals surface area contributed by atoms with Crippen molar-refractivity contribution in [2.24, 2.45) is 0 Å². The Bertz CT molecular complexity index is 572. The number of benzene rings is 2. The summed E-state index contributed by atoms with van der Waals surface area (Å²) in [7, 11) is 0. The second-order valence-corrected chi connectivity index (χ2v) is 6.15. The van der Waals surface area contributed by atoms with Gasteiger partial charge in [-0.05, 0) is 48.4 Å². The molecule has 0 radical (unpaired) electrons. The summed E-state index contributed by atoms with van der Waals surface area (Å²) in [6.07, 6.45) is 0. The van der Waals surface area contributed by atoms with Crippen LogP contribution in [0, 0.1) is 0 Å². The molecule has 0 aliphatic carbocycles. The summed E-state index contributed by atoms with van der Waals surface area (Å²) in [5.41, 5.74) is 2.24. The van der Waals surface area contributed by atoms with Crippen molar-refractivity contribution < 1.29 is 0 Å². The van der Waals surface area contributed by atoms with Crippen molar-refractivity contribution >= 4 is 39.1 Å². The Balaban J connectivity index is 2.04. The van der Waals surface area contributed by atoms with Crippen molar-refractivity contribution in [3.8, 4) is 0 Å². The second kappa shape index (κ2) is 6.76. The third-order valence-electron chi connectivity index (χ3n) is 2.96. The van der Waals surface area contributed by atoms with E-state index in [1.165, 1.54) is 5.56 Å². The number of hydrogen-bond donors (Lipinski definition) is 1. The molecule has 1 nitrogen and oxygen atoms in total. The lowest BCUT2D eigenvalue weighted by Gasteiger charge is -2.15. The van der Waals surface area contributed by atoms with Gasteiger partial charge in [-0.2, -0.15) is 0 Å². The zero-order valence-electron chi connectivity index (χ0n) is 10.5. The van der Waals surface area contributed by atoms with E-state index in [1.807, 2.05) is 24.3 Å². The molecule has 0 aromatic heterocycles. The molecule has 0 fully saturated rings. The fraction of sp³-hybridized carbons (Fsp3) is 0.200. The molecule has 0 heterocycles. The third-order valence-corrected chi connectivity index (χ3v) is 4.05. The van der Waals surface area contributed by atoms with E-state index >= 15 is 0 Å². The number of rotatable bonds is 4. The summed E-state index contributed by atoms with van der Waals surface area (Å²) in [6.45, 7) is 2.81. The number of nitrogens with one attached hydrogen (secondary N) is 1. The maximum atomic E-state index is 6.14. The second-order valence-electron chi connectivity index (χ2n) is 4.39. The van der Waals surface area contributed by atoms with E-state index in [9.17, 15) is 0 Å². The van der Waals surface area contributed by atoms with Crippen molar-refractivity contribution in [1.82, 2.24) is 5.32 Å². The Hall–Kier alpha value is -0.540. The van der Waals surface area contributed by atoms with E-state index in [2.05, 4.69) is 40.3 Å². The number of hydrogen-bond acceptors (Lipinski definition) is 1. The SMILES string of the molecule is CC(NCc1cc(Cl)ccc1Cl)c1cccc(Br)c1. The molecule has 0 bridgehead atoms. The van der Waals surface area contributed by atoms with Crippen LogP contribution in [0.2, 0.25) is 10.0 Å². The van der Waals surface area contributed by atoms with Crippen LogP contribution in [0.1, 0.15) is 24.1 Å². The number of halogens is 3. The minimum atomic E-state index is 0.243. The zero-order valence-corrected chi connectivity index (χ0v) is 13.6. The van der Waals surface area contributed by atoms with Crippen molar-refractivity contribution in [2.75, 3.05) is 0 Å². The Kier molecular flexibility index (Phi) is 5.28. The molecule has 0 spiro atoms. The summed E-state index contributed by atoms with van der Waals surface area (Å²) in [4.78, 5) is 0. The first-order valence-electron chi connectivity index (χ1n) is 5.99.